The molecule has 0 atom stereocenters. The second-order valence-corrected chi connectivity index (χ2v) is 6.94. The van der Waals surface area contributed by atoms with Crippen molar-refractivity contribution in [3.63, 3.8) is 0 Å². The first-order valence-corrected chi connectivity index (χ1v) is 10.0. The maximum absolute atomic E-state index is 11.1. The summed E-state index contributed by atoms with van der Waals surface area (Å²) >= 11 is 0. The predicted molar refractivity (Wildman–Crippen MR) is 121 cm³/mol. The first-order chi connectivity index (χ1) is 15.6. The van der Waals surface area contributed by atoms with Crippen LogP contribution in [0.5, 0.6) is 23.3 Å². The molecule has 8 heteroatoms. The molecule has 1 heterocycles. The molecule has 0 saturated carbocycles. The van der Waals surface area contributed by atoms with Crippen molar-refractivity contribution in [1.82, 2.24) is 9.97 Å². The predicted octanol–water partition coefficient (Wildman–Crippen LogP) is 3.46. The van der Waals surface area contributed by atoms with E-state index in [0.717, 1.165) is 28.9 Å². The largest absolute Gasteiger partial charge is 0.497 e. The molecule has 168 valence electrons. The lowest BCUT2D eigenvalue weighted by Gasteiger charge is -2.24. The van der Waals surface area contributed by atoms with Gasteiger partial charge in [-0.15, -0.1) is 0 Å². The van der Waals surface area contributed by atoms with Gasteiger partial charge in [0.1, 0.15) is 17.8 Å². The van der Waals surface area contributed by atoms with Gasteiger partial charge in [0, 0.05) is 19.5 Å². The highest BCUT2D eigenvalue weighted by molar-refractivity contribution is 5.60. The summed E-state index contributed by atoms with van der Waals surface area (Å²) in [5, 5.41) is 0. The van der Waals surface area contributed by atoms with Crippen LogP contribution in [0.2, 0.25) is 0 Å². The average Bonchev–Trinajstić information content (AvgIpc) is 2.84. The quantitative estimate of drug-likeness (QED) is 0.422. The Morgan fingerprint density at radius 1 is 0.719 bits per heavy atom. The third kappa shape index (κ3) is 5.46. The second-order valence-electron chi connectivity index (χ2n) is 6.94. The summed E-state index contributed by atoms with van der Waals surface area (Å²) in [5.41, 5.74) is 2.62. The summed E-state index contributed by atoms with van der Waals surface area (Å²) in [6.07, 6.45) is 0.874. The van der Waals surface area contributed by atoms with Crippen LogP contribution in [0.1, 0.15) is 16.7 Å². The normalized spacial score (nSPS) is 10.4. The molecule has 3 aromatic rings. The molecule has 0 aliphatic heterocycles. The Labute approximate surface area is 187 Å². The third-order valence-corrected chi connectivity index (χ3v) is 4.94. The lowest BCUT2D eigenvalue weighted by Crippen LogP contribution is -2.25. The molecule has 0 fully saturated rings. The van der Waals surface area contributed by atoms with Crippen LogP contribution in [0, 0.1) is 0 Å². The van der Waals surface area contributed by atoms with Gasteiger partial charge in [0.2, 0.25) is 17.7 Å². The molecule has 1 aromatic heterocycles. The summed E-state index contributed by atoms with van der Waals surface area (Å²) in [5.74, 6) is 2.63. The van der Waals surface area contributed by atoms with E-state index in [4.69, 9.17) is 18.9 Å². The van der Waals surface area contributed by atoms with Crippen molar-refractivity contribution in [1.29, 1.82) is 0 Å². The minimum Gasteiger partial charge on any atom is -0.497 e. The van der Waals surface area contributed by atoms with Gasteiger partial charge in [-0.05, 0) is 35.4 Å². The highest BCUT2D eigenvalue weighted by Crippen LogP contribution is 2.29. The highest BCUT2D eigenvalue weighted by Gasteiger charge is 2.20. The van der Waals surface area contributed by atoms with E-state index >= 15 is 0 Å². The van der Waals surface area contributed by atoms with Crippen LogP contribution in [-0.2, 0) is 24.3 Å². The number of methoxy groups -OCH3 is 4. The number of aromatic nitrogens is 2. The van der Waals surface area contributed by atoms with Gasteiger partial charge in [-0.1, -0.05) is 24.3 Å². The number of ether oxygens (including phenoxy) is 4. The molecule has 8 nitrogen and oxygen atoms in total. The summed E-state index contributed by atoms with van der Waals surface area (Å²) in [7, 11) is 6.30. The van der Waals surface area contributed by atoms with Gasteiger partial charge in [-0.25, -0.2) is 0 Å². The molecule has 0 bridgehead atoms. The first kappa shape index (κ1) is 22.9. The van der Waals surface area contributed by atoms with Crippen molar-refractivity contribution in [2.45, 2.75) is 19.5 Å². The van der Waals surface area contributed by atoms with Gasteiger partial charge in [-0.3, -0.25) is 0 Å². The summed E-state index contributed by atoms with van der Waals surface area (Å²) in [6.45, 7) is 1.07. The minimum atomic E-state index is 0.101. The van der Waals surface area contributed by atoms with Crippen LogP contribution in [0.3, 0.4) is 0 Å². The Morgan fingerprint density at radius 2 is 1.16 bits per heavy atom. The molecule has 0 aliphatic carbocycles. The maximum atomic E-state index is 11.1. The zero-order valence-electron chi connectivity index (χ0n) is 18.7. The smallest absolute Gasteiger partial charge is 0.232 e. The van der Waals surface area contributed by atoms with E-state index in [1.165, 1.54) is 14.2 Å². The number of aldehydes is 1. The Kier molecular flexibility index (Phi) is 7.85. The zero-order valence-corrected chi connectivity index (χ0v) is 18.7. The van der Waals surface area contributed by atoms with E-state index in [2.05, 4.69) is 9.97 Å². The van der Waals surface area contributed by atoms with Gasteiger partial charge in [0.25, 0.3) is 0 Å². The van der Waals surface area contributed by atoms with E-state index in [1.54, 1.807) is 14.2 Å². The third-order valence-electron chi connectivity index (χ3n) is 4.94. The van der Waals surface area contributed by atoms with Crippen molar-refractivity contribution in [2.24, 2.45) is 0 Å². The van der Waals surface area contributed by atoms with Gasteiger partial charge in [0.05, 0.1) is 34.0 Å². The number of carbonyl (C=O) groups is 1. The van der Waals surface area contributed by atoms with Crippen LogP contribution in [0.25, 0.3) is 0 Å². The Bertz CT molecular complexity index is 948. The molecule has 32 heavy (non-hydrogen) atoms. The van der Waals surface area contributed by atoms with Gasteiger partial charge in [0.15, 0.2) is 0 Å². The van der Waals surface area contributed by atoms with Gasteiger partial charge >= 0.3 is 0 Å². The molecule has 0 aliphatic rings. The minimum absolute atomic E-state index is 0.101. The molecular formula is C24H27N3O5. The van der Waals surface area contributed by atoms with E-state index < -0.39 is 0 Å². The Hall–Kier alpha value is -3.81. The maximum Gasteiger partial charge on any atom is 0.232 e. The fraction of sp³-hybridized carbons (Fsp3) is 0.292. The van der Waals surface area contributed by atoms with Crippen molar-refractivity contribution >= 4 is 12.2 Å². The van der Waals surface area contributed by atoms with Crippen LogP contribution < -0.4 is 23.8 Å². The molecule has 0 radical (unpaired) electrons. The summed E-state index contributed by atoms with van der Waals surface area (Å²) < 4.78 is 21.4. The summed E-state index contributed by atoms with van der Waals surface area (Å²) in [6, 6.07) is 15.6. The van der Waals surface area contributed by atoms with Crippen molar-refractivity contribution in [3.05, 3.63) is 65.2 Å². The van der Waals surface area contributed by atoms with Crippen LogP contribution >= 0.6 is 0 Å². The van der Waals surface area contributed by atoms with Crippen LogP contribution in [0.15, 0.2) is 48.5 Å². The van der Waals surface area contributed by atoms with Crippen molar-refractivity contribution in [2.75, 3.05) is 33.3 Å². The molecule has 2 aromatic carbocycles. The van der Waals surface area contributed by atoms with Gasteiger partial charge < -0.3 is 28.6 Å². The molecule has 0 amide bonds. The SMILES string of the molecule is COc1ccc(CN(Cc2ccc(OC)cc2)c2nc(OC)c(CC=O)c(OC)n2)cc1. The van der Waals surface area contributed by atoms with Crippen LogP contribution in [0.4, 0.5) is 5.95 Å². The number of anilines is 1. The number of hydrogen-bond acceptors (Lipinski definition) is 8. The van der Waals surface area contributed by atoms with E-state index in [0.29, 0.717) is 36.4 Å². The number of hydrogen-bond donors (Lipinski definition) is 0. The van der Waals surface area contributed by atoms with E-state index in [-0.39, 0.29) is 6.42 Å². The molecule has 0 spiro atoms. The zero-order chi connectivity index (χ0) is 22.9. The van der Waals surface area contributed by atoms with E-state index in [9.17, 15) is 4.79 Å². The lowest BCUT2D eigenvalue weighted by atomic mass is 10.1. The monoisotopic (exact) mass is 437 g/mol. The average molecular weight is 437 g/mol. The molecule has 3 rings (SSSR count). The number of benzene rings is 2. The standard InChI is InChI=1S/C24H27N3O5/c1-29-19-9-5-17(6-10-19)15-27(16-18-7-11-20(30-2)12-8-18)24-25-22(31-3)21(13-14-28)23(26-24)32-4/h5-12,14H,13,15-16H2,1-4H3. The van der Waals surface area contributed by atoms with Crippen LogP contribution in [-0.4, -0.2) is 44.7 Å². The molecule has 0 N–H and O–H groups in total. The topological polar surface area (TPSA) is 83.0 Å². The Balaban J connectivity index is 2.00. The molecule has 0 unspecified atom stereocenters. The fourth-order valence-corrected chi connectivity index (χ4v) is 3.27. The van der Waals surface area contributed by atoms with Gasteiger partial charge in [-0.2, -0.15) is 9.97 Å². The summed E-state index contributed by atoms with van der Waals surface area (Å²) in [4.78, 5) is 22.3. The van der Waals surface area contributed by atoms with Crippen molar-refractivity contribution < 1.29 is 23.7 Å². The molecular weight excluding hydrogens is 410 g/mol. The molecule has 0 saturated heterocycles. The second kappa shape index (κ2) is 11.0. The Morgan fingerprint density at radius 3 is 1.50 bits per heavy atom. The van der Waals surface area contributed by atoms with Crippen molar-refractivity contribution in [3.8, 4) is 23.3 Å². The first-order valence-electron chi connectivity index (χ1n) is 10.0. The fourth-order valence-electron chi connectivity index (χ4n) is 3.27. The highest BCUT2D eigenvalue weighted by atomic mass is 16.5. The lowest BCUT2D eigenvalue weighted by molar-refractivity contribution is -0.107. The van der Waals surface area contributed by atoms with E-state index in [1.807, 2.05) is 53.4 Å². The number of nitrogens with zero attached hydrogens (tertiary/aromatic N) is 3. The number of rotatable bonds is 11. The number of carbonyl (C=O) groups excluding carboxylic acids is 1.